The van der Waals surface area contributed by atoms with Crippen LogP contribution in [0.4, 0.5) is 11.4 Å². The average molecular weight is 579 g/mol. The summed E-state index contributed by atoms with van der Waals surface area (Å²) in [5.74, 6) is 0.229. The normalized spacial score (nSPS) is 16.3. The highest BCUT2D eigenvalue weighted by Crippen LogP contribution is 2.41. The van der Waals surface area contributed by atoms with Crippen LogP contribution in [0, 0.1) is 0 Å². The second-order valence-electron chi connectivity index (χ2n) is 11.8. The molecule has 214 valence electrons. The molecule has 3 nitrogen and oxygen atoms in total. The summed E-state index contributed by atoms with van der Waals surface area (Å²) >= 11 is 0. The summed E-state index contributed by atoms with van der Waals surface area (Å²) in [5.41, 5.74) is 10.2. The van der Waals surface area contributed by atoms with Gasteiger partial charge in [0.15, 0.2) is 0 Å². The summed E-state index contributed by atoms with van der Waals surface area (Å²) < 4.78 is 8.53. The Morgan fingerprint density at radius 2 is 1.07 bits per heavy atom. The largest absolute Gasteiger partial charge is 0.456 e. The third kappa shape index (κ3) is 4.36. The van der Waals surface area contributed by atoms with Crippen molar-refractivity contribution in [1.29, 1.82) is 0 Å². The Kier molecular flexibility index (Phi) is 5.95. The summed E-state index contributed by atoms with van der Waals surface area (Å²) in [4.78, 5) is 0. The number of allylic oxidation sites excluding steroid dienone is 4. The minimum Gasteiger partial charge on any atom is -0.456 e. The lowest BCUT2D eigenvalue weighted by atomic mass is 9.87. The molecule has 3 heteroatoms. The van der Waals surface area contributed by atoms with Gasteiger partial charge in [0.25, 0.3) is 0 Å². The van der Waals surface area contributed by atoms with Crippen molar-refractivity contribution in [3.63, 3.8) is 0 Å². The number of hydrogen-bond acceptors (Lipinski definition) is 2. The van der Waals surface area contributed by atoms with Crippen molar-refractivity contribution in [2.24, 2.45) is 0 Å². The van der Waals surface area contributed by atoms with Crippen LogP contribution in [0.3, 0.4) is 0 Å². The highest BCUT2D eigenvalue weighted by Gasteiger charge is 2.25. The van der Waals surface area contributed by atoms with Crippen LogP contribution in [-0.2, 0) is 0 Å². The molecule has 0 saturated carbocycles. The first-order valence-electron chi connectivity index (χ1n) is 15.5. The van der Waals surface area contributed by atoms with E-state index in [1.54, 1.807) is 0 Å². The zero-order valence-corrected chi connectivity index (χ0v) is 24.6. The summed E-state index contributed by atoms with van der Waals surface area (Å²) in [6.45, 7) is 0. The third-order valence-electron chi connectivity index (χ3n) is 9.20. The van der Waals surface area contributed by atoms with Crippen LogP contribution in [0.1, 0.15) is 17.5 Å². The topological polar surface area (TPSA) is 30.1 Å². The van der Waals surface area contributed by atoms with Gasteiger partial charge in [0, 0.05) is 49.9 Å². The Hall–Kier alpha value is -5.80. The molecule has 1 N–H and O–H groups in total. The molecule has 8 aromatic rings. The number of furan rings is 1. The lowest BCUT2D eigenvalue weighted by Crippen LogP contribution is -2.16. The van der Waals surface area contributed by atoms with E-state index in [1.165, 1.54) is 38.5 Å². The van der Waals surface area contributed by atoms with Gasteiger partial charge in [-0.25, -0.2) is 0 Å². The van der Waals surface area contributed by atoms with Gasteiger partial charge >= 0.3 is 0 Å². The highest BCUT2D eigenvalue weighted by molar-refractivity contribution is 6.08. The zero-order valence-electron chi connectivity index (χ0n) is 24.6. The fourth-order valence-corrected chi connectivity index (χ4v) is 7.03. The van der Waals surface area contributed by atoms with Crippen molar-refractivity contribution in [2.75, 3.05) is 5.32 Å². The first-order valence-corrected chi connectivity index (χ1v) is 15.5. The van der Waals surface area contributed by atoms with E-state index in [0.717, 1.165) is 33.3 Å². The molecule has 0 spiro atoms. The summed E-state index contributed by atoms with van der Waals surface area (Å²) in [6, 6.07) is 49.9. The van der Waals surface area contributed by atoms with E-state index in [0.29, 0.717) is 0 Å². The van der Waals surface area contributed by atoms with Gasteiger partial charge in [-0.2, -0.15) is 0 Å². The number of rotatable bonds is 5. The summed E-state index contributed by atoms with van der Waals surface area (Å²) in [6.07, 6.45) is 9.03. The van der Waals surface area contributed by atoms with E-state index in [1.807, 2.05) is 12.1 Å². The maximum Gasteiger partial charge on any atom is 0.135 e. The average Bonchev–Trinajstić information content (AvgIpc) is 3.64. The number of para-hydroxylation sites is 3. The van der Waals surface area contributed by atoms with Gasteiger partial charge in [0.05, 0.1) is 6.04 Å². The molecule has 2 atom stereocenters. The maximum absolute atomic E-state index is 6.02. The molecule has 2 unspecified atom stereocenters. The molecule has 2 aromatic heterocycles. The molecular formula is C42H30N2O. The number of hydrogen-bond donors (Lipinski definition) is 1. The van der Waals surface area contributed by atoms with Gasteiger partial charge in [-0.15, -0.1) is 0 Å². The molecular weight excluding hydrogens is 548 g/mol. The highest BCUT2D eigenvalue weighted by atomic mass is 16.3. The molecule has 2 heterocycles. The van der Waals surface area contributed by atoms with E-state index < -0.39 is 0 Å². The summed E-state index contributed by atoms with van der Waals surface area (Å²) in [7, 11) is 0. The molecule has 45 heavy (non-hydrogen) atoms. The number of nitrogens with zero attached hydrogens (tertiary/aromatic N) is 1. The number of fused-ring (bicyclic) bond motifs is 6. The molecule has 9 rings (SSSR count). The third-order valence-corrected chi connectivity index (χ3v) is 9.20. The van der Waals surface area contributed by atoms with E-state index in [-0.39, 0.29) is 12.0 Å². The SMILES string of the molecule is C1=CC(c2ccc(Nc3ccc(-c4ccc5oc6ccccc6c5c4)cc3)cc2)C(n2c3ccccc3c3ccccc32)C=C1. The maximum atomic E-state index is 6.02. The van der Waals surface area contributed by atoms with Crippen LogP contribution in [0.25, 0.3) is 54.9 Å². The standard InChI is InChI=1S/C42H30N2O/c1-5-13-38(44-39-14-6-2-10-34(39)35-11-3-7-15-40(35)44)33(9-1)29-19-24-32(25-20-29)43-31-22-17-28(18-23-31)30-21-26-42-37(27-30)36-12-4-8-16-41(36)45-42/h1-27,33,38,43H. The lowest BCUT2D eigenvalue weighted by molar-refractivity contribution is 0.576. The van der Waals surface area contributed by atoms with Crippen LogP contribution >= 0.6 is 0 Å². The number of benzene rings is 6. The van der Waals surface area contributed by atoms with Gasteiger partial charge in [0.1, 0.15) is 11.2 Å². The second kappa shape index (κ2) is 10.4. The molecule has 0 bridgehead atoms. The Morgan fingerprint density at radius 3 is 1.80 bits per heavy atom. The molecule has 0 aliphatic heterocycles. The first-order chi connectivity index (χ1) is 22.3. The molecule has 1 aliphatic rings. The molecule has 0 amide bonds. The van der Waals surface area contributed by atoms with Crippen LogP contribution in [0.2, 0.25) is 0 Å². The Balaban J connectivity index is 0.974. The first kappa shape index (κ1) is 25.7. The number of anilines is 2. The molecule has 0 saturated heterocycles. The van der Waals surface area contributed by atoms with Crippen molar-refractivity contribution < 1.29 is 4.42 Å². The molecule has 0 radical (unpaired) electrons. The number of nitrogens with one attached hydrogen (secondary N) is 1. The van der Waals surface area contributed by atoms with E-state index in [9.17, 15) is 0 Å². The molecule has 6 aromatic carbocycles. The van der Waals surface area contributed by atoms with Gasteiger partial charge in [-0.3, -0.25) is 0 Å². The molecule has 0 fully saturated rings. The van der Waals surface area contributed by atoms with Crippen molar-refractivity contribution in [3.8, 4) is 11.1 Å². The second-order valence-corrected chi connectivity index (χ2v) is 11.8. The van der Waals surface area contributed by atoms with Gasteiger partial charge in [0.2, 0.25) is 0 Å². The van der Waals surface area contributed by atoms with Crippen LogP contribution in [0.15, 0.2) is 168 Å². The zero-order chi connectivity index (χ0) is 29.7. The van der Waals surface area contributed by atoms with E-state index in [2.05, 4.69) is 162 Å². The van der Waals surface area contributed by atoms with E-state index in [4.69, 9.17) is 4.42 Å². The Labute approximate surface area is 261 Å². The van der Waals surface area contributed by atoms with Crippen molar-refractivity contribution in [1.82, 2.24) is 4.57 Å². The smallest absolute Gasteiger partial charge is 0.135 e. The van der Waals surface area contributed by atoms with Crippen LogP contribution in [0.5, 0.6) is 0 Å². The predicted octanol–water partition coefficient (Wildman–Crippen LogP) is 11.6. The Morgan fingerprint density at radius 1 is 0.489 bits per heavy atom. The minimum atomic E-state index is 0.186. The van der Waals surface area contributed by atoms with Crippen LogP contribution in [-0.4, -0.2) is 4.57 Å². The molecule has 1 aliphatic carbocycles. The fourth-order valence-electron chi connectivity index (χ4n) is 7.03. The fraction of sp³-hybridized carbons (Fsp3) is 0.0476. The predicted molar refractivity (Wildman–Crippen MR) is 188 cm³/mol. The van der Waals surface area contributed by atoms with Gasteiger partial charge in [-0.05, 0) is 71.3 Å². The lowest BCUT2D eigenvalue weighted by Gasteiger charge is -2.28. The number of aromatic nitrogens is 1. The van der Waals surface area contributed by atoms with Crippen molar-refractivity contribution >= 4 is 55.1 Å². The monoisotopic (exact) mass is 578 g/mol. The van der Waals surface area contributed by atoms with Crippen molar-refractivity contribution in [2.45, 2.75) is 12.0 Å². The van der Waals surface area contributed by atoms with E-state index >= 15 is 0 Å². The minimum absolute atomic E-state index is 0.186. The van der Waals surface area contributed by atoms with Gasteiger partial charge in [-0.1, -0.05) is 109 Å². The van der Waals surface area contributed by atoms with Crippen LogP contribution < -0.4 is 5.32 Å². The quantitative estimate of drug-likeness (QED) is 0.220. The Bertz CT molecular complexity index is 2350. The van der Waals surface area contributed by atoms with Crippen molar-refractivity contribution in [3.05, 3.63) is 169 Å². The van der Waals surface area contributed by atoms with Gasteiger partial charge < -0.3 is 14.3 Å². The summed E-state index contributed by atoms with van der Waals surface area (Å²) in [5, 5.41) is 8.50.